The van der Waals surface area contributed by atoms with Crippen molar-refractivity contribution in [3.63, 3.8) is 0 Å². The molecule has 0 saturated heterocycles. The standard InChI is InChI=1S/C21H22N2O2/c1-16(12-13-17-8-4-2-5-9-17)22-20(24)14-19-15-25-21(23-19)18-10-6-3-7-11-18/h2-11,15-16H,12-14H2,1H3,(H,22,24). The summed E-state index contributed by atoms with van der Waals surface area (Å²) in [4.78, 5) is 16.6. The number of nitrogens with one attached hydrogen (secondary N) is 1. The molecule has 0 aliphatic carbocycles. The molecule has 2 aromatic carbocycles. The van der Waals surface area contributed by atoms with Crippen molar-refractivity contribution in [3.8, 4) is 11.5 Å². The number of oxazole rings is 1. The van der Waals surface area contributed by atoms with Gasteiger partial charge in [0.25, 0.3) is 0 Å². The minimum absolute atomic E-state index is 0.0338. The van der Waals surface area contributed by atoms with Gasteiger partial charge < -0.3 is 9.73 Å². The van der Waals surface area contributed by atoms with Crippen molar-refractivity contribution < 1.29 is 9.21 Å². The number of hydrogen-bond donors (Lipinski definition) is 1. The van der Waals surface area contributed by atoms with Gasteiger partial charge >= 0.3 is 0 Å². The van der Waals surface area contributed by atoms with E-state index in [2.05, 4.69) is 22.4 Å². The monoisotopic (exact) mass is 334 g/mol. The molecule has 0 bridgehead atoms. The lowest BCUT2D eigenvalue weighted by molar-refractivity contribution is -0.121. The Bertz CT molecular complexity index is 797. The maximum Gasteiger partial charge on any atom is 0.226 e. The fourth-order valence-electron chi connectivity index (χ4n) is 2.69. The molecule has 3 rings (SSSR count). The smallest absolute Gasteiger partial charge is 0.226 e. The second-order valence-corrected chi connectivity index (χ2v) is 6.18. The molecule has 1 aromatic heterocycles. The van der Waals surface area contributed by atoms with Crippen LogP contribution in [0.4, 0.5) is 0 Å². The van der Waals surface area contributed by atoms with Gasteiger partial charge in [-0.2, -0.15) is 0 Å². The van der Waals surface area contributed by atoms with Crippen molar-refractivity contribution in [2.75, 3.05) is 0 Å². The Morgan fingerprint density at radius 1 is 1.08 bits per heavy atom. The molecule has 0 radical (unpaired) electrons. The highest BCUT2D eigenvalue weighted by molar-refractivity contribution is 5.78. The van der Waals surface area contributed by atoms with Gasteiger partial charge in [-0.15, -0.1) is 0 Å². The Balaban J connectivity index is 1.48. The molecule has 1 amide bonds. The zero-order valence-electron chi connectivity index (χ0n) is 14.3. The van der Waals surface area contributed by atoms with Crippen molar-refractivity contribution in [3.05, 3.63) is 78.2 Å². The van der Waals surface area contributed by atoms with Crippen molar-refractivity contribution in [2.24, 2.45) is 0 Å². The summed E-state index contributed by atoms with van der Waals surface area (Å²) in [6.45, 7) is 2.03. The third-order valence-electron chi connectivity index (χ3n) is 4.03. The van der Waals surface area contributed by atoms with E-state index in [0.29, 0.717) is 11.6 Å². The van der Waals surface area contributed by atoms with Crippen LogP contribution < -0.4 is 5.32 Å². The second kappa shape index (κ2) is 8.29. The quantitative estimate of drug-likeness (QED) is 0.710. The van der Waals surface area contributed by atoms with Gasteiger partial charge in [-0.05, 0) is 37.5 Å². The van der Waals surface area contributed by atoms with Crippen LogP contribution in [0.25, 0.3) is 11.5 Å². The Kier molecular flexibility index (Phi) is 5.62. The number of nitrogens with zero attached hydrogens (tertiary/aromatic N) is 1. The van der Waals surface area contributed by atoms with Crippen LogP contribution in [0.2, 0.25) is 0 Å². The van der Waals surface area contributed by atoms with E-state index >= 15 is 0 Å². The fourth-order valence-corrected chi connectivity index (χ4v) is 2.69. The average Bonchev–Trinajstić information content (AvgIpc) is 3.10. The first-order chi connectivity index (χ1) is 12.2. The molecule has 1 N–H and O–H groups in total. The third-order valence-corrected chi connectivity index (χ3v) is 4.03. The summed E-state index contributed by atoms with van der Waals surface area (Å²) in [5, 5.41) is 3.03. The zero-order valence-corrected chi connectivity index (χ0v) is 14.3. The first-order valence-electron chi connectivity index (χ1n) is 8.54. The number of rotatable bonds is 7. The van der Waals surface area contributed by atoms with Crippen LogP contribution in [0.1, 0.15) is 24.6 Å². The summed E-state index contributed by atoms with van der Waals surface area (Å²) in [7, 11) is 0. The molecule has 1 heterocycles. The van der Waals surface area contributed by atoms with Gasteiger partial charge in [0.05, 0.1) is 12.1 Å². The number of carbonyl (C=O) groups is 1. The number of amides is 1. The topological polar surface area (TPSA) is 55.1 Å². The summed E-state index contributed by atoms with van der Waals surface area (Å²) in [5.41, 5.74) is 2.84. The predicted molar refractivity (Wildman–Crippen MR) is 98.0 cm³/mol. The van der Waals surface area contributed by atoms with E-state index < -0.39 is 0 Å². The van der Waals surface area contributed by atoms with Crippen LogP contribution in [-0.2, 0) is 17.6 Å². The number of aryl methyl sites for hydroxylation is 1. The van der Waals surface area contributed by atoms with Crippen LogP contribution in [0, 0.1) is 0 Å². The average molecular weight is 334 g/mol. The second-order valence-electron chi connectivity index (χ2n) is 6.18. The van der Waals surface area contributed by atoms with E-state index in [0.717, 1.165) is 18.4 Å². The zero-order chi connectivity index (χ0) is 17.5. The SMILES string of the molecule is CC(CCc1ccccc1)NC(=O)Cc1coc(-c2ccccc2)n1. The molecule has 0 aliphatic rings. The number of hydrogen-bond acceptors (Lipinski definition) is 3. The molecule has 1 atom stereocenters. The first kappa shape index (κ1) is 17.0. The Labute approximate surface area is 147 Å². The lowest BCUT2D eigenvalue weighted by Gasteiger charge is -2.13. The van der Waals surface area contributed by atoms with Crippen molar-refractivity contribution >= 4 is 5.91 Å². The molecule has 3 aromatic rings. The predicted octanol–water partition coefficient (Wildman–Crippen LogP) is 4.02. The lowest BCUT2D eigenvalue weighted by atomic mass is 10.1. The summed E-state index contributed by atoms with van der Waals surface area (Å²) >= 11 is 0. The number of aromatic nitrogens is 1. The molecular formula is C21H22N2O2. The van der Waals surface area contributed by atoms with E-state index in [-0.39, 0.29) is 18.4 Å². The number of carbonyl (C=O) groups excluding carboxylic acids is 1. The van der Waals surface area contributed by atoms with Crippen LogP contribution in [0.5, 0.6) is 0 Å². The van der Waals surface area contributed by atoms with E-state index in [4.69, 9.17) is 4.42 Å². The summed E-state index contributed by atoms with van der Waals surface area (Å²) in [6.07, 6.45) is 3.64. The normalized spacial score (nSPS) is 11.9. The maximum atomic E-state index is 12.2. The lowest BCUT2D eigenvalue weighted by Crippen LogP contribution is -2.34. The van der Waals surface area contributed by atoms with Gasteiger partial charge in [0.15, 0.2) is 0 Å². The van der Waals surface area contributed by atoms with Gasteiger partial charge in [-0.1, -0.05) is 48.5 Å². The van der Waals surface area contributed by atoms with Gasteiger partial charge in [-0.3, -0.25) is 4.79 Å². The minimum atomic E-state index is -0.0338. The maximum absolute atomic E-state index is 12.2. The number of benzene rings is 2. The highest BCUT2D eigenvalue weighted by Crippen LogP contribution is 2.18. The molecule has 4 nitrogen and oxygen atoms in total. The van der Waals surface area contributed by atoms with E-state index in [1.54, 1.807) is 6.26 Å². The van der Waals surface area contributed by atoms with Gasteiger partial charge in [-0.25, -0.2) is 4.98 Å². The van der Waals surface area contributed by atoms with Gasteiger partial charge in [0, 0.05) is 11.6 Å². The van der Waals surface area contributed by atoms with Crippen LogP contribution >= 0.6 is 0 Å². The van der Waals surface area contributed by atoms with Crippen molar-refractivity contribution in [1.82, 2.24) is 10.3 Å². The molecule has 0 fully saturated rings. The minimum Gasteiger partial charge on any atom is -0.444 e. The molecule has 25 heavy (non-hydrogen) atoms. The third kappa shape index (κ3) is 5.05. The van der Waals surface area contributed by atoms with Crippen molar-refractivity contribution in [1.29, 1.82) is 0 Å². The van der Waals surface area contributed by atoms with E-state index in [1.807, 2.05) is 55.5 Å². The van der Waals surface area contributed by atoms with E-state index in [1.165, 1.54) is 5.56 Å². The first-order valence-corrected chi connectivity index (χ1v) is 8.54. The summed E-state index contributed by atoms with van der Waals surface area (Å²) < 4.78 is 5.47. The molecule has 4 heteroatoms. The Morgan fingerprint density at radius 3 is 2.48 bits per heavy atom. The highest BCUT2D eigenvalue weighted by atomic mass is 16.3. The fraction of sp³-hybridized carbons (Fsp3) is 0.238. The summed E-state index contributed by atoms with van der Waals surface area (Å²) in [6, 6.07) is 20.1. The van der Waals surface area contributed by atoms with Gasteiger partial charge in [0.1, 0.15) is 6.26 Å². The summed E-state index contributed by atoms with van der Waals surface area (Å²) in [5.74, 6) is 0.508. The molecule has 128 valence electrons. The van der Waals surface area contributed by atoms with Crippen LogP contribution in [-0.4, -0.2) is 16.9 Å². The Hall–Kier alpha value is -2.88. The van der Waals surface area contributed by atoms with Crippen LogP contribution in [0.3, 0.4) is 0 Å². The molecular weight excluding hydrogens is 312 g/mol. The van der Waals surface area contributed by atoms with Crippen LogP contribution in [0.15, 0.2) is 71.3 Å². The van der Waals surface area contributed by atoms with Crippen molar-refractivity contribution in [2.45, 2.75) is 32.2 Å². The van der Waals surface area contributed by atoms with E-state index in [9.17, 15) is 4.79 Å². The Morgan fingerprint density at radius 2 is 1.76 bits per heavy atom. The molecule has 0 aliphatic heterocycles. The van der Waals surface area contributed by atoms with Gasteiger partial charge in [0.2, 0.25) is 11.8 Å². The largest absolute Gasteiger partial charge is 0.444 e. The molecule has 0 spiro atoms. The molecule has 0 saturated carbocycles. The highest BCUT2D eigenvalue weighted by Gasteiger charge is 2.12. The molecule has 1 unspecified atom stereocenters.